The highest BCUT2D eigenvalue weighted by Gasteiger charge is 2.29. The van der Waals surface area contributed by atoms with E-state index in [1.807, 2.05) is 19.9 Å². The van der Waals surface area contributed by atoms with Crippen molar-refractivity contribution in [1.82, 2.24) is 9.88 Å². The lowest BCUT2D eigenvalue weighted by Gasteiger charge is -2.31. The predicted octanol–water partition coefficient (Wildman–Crippen LogP) is 4.41. The third-order valence-corrected chi connectivity index (χ3v) is 5.36. The third kappa shape index (κ3) is 5.88. The average Bonchev–Trinajstić information content (AvgIpc) is 2.79. The summed E-state index contributed by atoms with van der Waals surface area (Å²) in [6.07, 6.45) is 3.66. The Labute approximate surface area is 187 Å². The van der Waals surface area contributed by atoms with E-state index in [9.17, 15) is 9.59 Å². The Hall–Kier alpha value is -2.80. The van der Waals surface area contributed by atoms with Crippen LogP contribution in [0.25, 0.3) is 0 Å². The molecule has 8 heteroatoms. The molecule has 1 fully saturated rings. The number of nitrogens with one attached hydrogen (secondary N) is 1. The summed E-state index contributed by atoms with van der Waals surface area (Å²) >= 11 is 6.40. The molecule has 1 aliphatic rings. The standard InChI is InChI=1S/C23H28ClN3O4/c1-3-13-31-21-18(24)14-17(15-19(21)30-4-2)23(29)27-11-8-16(9-12-27)22(28)26-20-7-5-6-10-25-20/h5-7,10,14-16H,3-4,8-9,11-13H2,1-2H3,(H,25,26,28). The van der Waals surface area contributed by atoms with Crippen molar-refractivity contribution >= 4 is 29.2 Å². The Morgan fingerprint density at radius 3 is 2.61 bits per heavy atom. The second-order valence-electron chi connectivity index (χ2n) is 7.34. The molecule has 0 aliphatic carbocycles. The van der Waals surface area contributed by atoms with Crippen LogP contribution in [0.15, 0.2) is 36.5 Å². The van der Waals surface area contributed by atoms with Crippen LogP contribution in [0.2, 0.25) is 5.02 Å². The van der Waals surface area contributed by atoms with Gasteiger partial charge in [0.1, 0.15) is 5.82 Å². The van der Waals surface area contributed by atoms with E-state index in [1.165, 1.54) is 0 Å². The molecule has 1 aliphatic heterocycles. The summed E-state index contributed by atoms with van der Waals surface area (Å²) in [5.41, 5.74) is 0.452. The second-order valence-corrected chi connectivity index (χ2v) is 7.74. The number of amides is 2. The van der Waals surface area contributed by atoms with Crippen LogP contribution in [-0.4, -0.2) is 48.0 Å². The van der Waals surface area contributed by atoms with Gasteiger partial charge in [-0.15, -0.1) is 0 Å². The summed E-state index contributed by atoms with van der Waals surface area (Å²) in [5.74, 6) is 1.12. The highest BCUT2D eigenvalue weighted by atomic mass is 35.5. The van der Waals surface area contributed by atoms with Gasteiger partial charge in [-0.1, -0.05) is 24.6 Å². The molecule has 2 amide bonds. The minimum Gasteiger partial charge on any atom is -0.490 e. The number of anilines is 1. The zero-order valence-corrected chi connectivity index (χ0v) is 18.7. The molecule has 31 heavy (non-hydrogen) atoms. The van der Waals surface area contributed by atoms with Gasteiger partial charge in [-0.3, -0.25) is 9.59 Å². The van der Waals surface area contributed by atoms with Crippen LogP contribution in [0.3, 0.4) is 0 Å². The summed E-state index contributed by atoms with van der Waals surface area (Å²) in [6.45, 7) is 5.82. The van der Waals surface area contributed by atoms with Crippen molar-refractivity contribution < 1.29 is 19.1 Å². The monoisotopic (exact) mass is 445 g/mol. The van der Waals surface area contributed by atoms with Crippen molar-refractivity contribution in [3.05, 3.63) is 47.1 Å². The van der Waals surface area contributed by atoms with Crippen molar-refractivity contribution in [3.8, 4) is 11.5 Å². The SMILES string of the molecule is CCCOc1c(Cl)cc(C(=O)N2CCC(C(=O)Nc3ccccn3)CC2)cc1OCC. The largest absolute Gasteiger partial charge is 0.490 e. The van der Waals surface area contributed by atoms with Gasteiger partial charge in [-0.25, -0.2) is 4.98 Å². The van der Waals surface area contributed by atoms with Crippen molar-refractivity contribution in [3.63, 3.8) is 0 Å². The Morgan fingerprint density at radius 1 is 1.19 bits per heavy atom. The summed E-state index contributed by atoms with van der Waals surface area (Å²) in [4.78, 5) is 31.4. The van der Waals surface area contributed by atoms with E-state index in [2.05, 4.69) is 10.3 Å². The lowest BCUT2D eigenvalue weighted by atomic mass is 9.95. The van der Waals surface area contributed by atoms with Gasteiger partial charge >= 0.3 is 0 Å². The van der Waals surface area contributed by atoms with Gasteiger partial charge in [0.05, 0.1) is 18.2 Å². The summed E-state index contributed by atoms with van der Waals surface area (Å²) in [7, 11) is 0. The minimum atomic E-state index is -0.154. The number of halogens is 1. The van der Waals surface area contributed by atoms with Crippen LogP contribution in [-0.2, 0) is 4.79 Å². The molecule has 1 N–H and O–H groups in total. The van der Waals surface area contributed by atoms with E-state index in [1.54, 1.807) is 35.4 Å². The number of carbonyl (C=O) groups is 2. The zero-order valence-electron chi connectivity index (χ0n) is 17.9. The molecule has 7 nitrogen and oxygen atoms in total. The molecule has 2 heterocycles. The molecule has 3 rings (SSSR count). The number of hydrogen-bond acceptors (Lipinski definition) is 5. The van der Waals surface area contributed by atoms with Crippen LogP contribution in [0.5, 0.6) is 11.5 Å². The highest BCUT2D eigenvalue weighted by Crippen LogP contribution is 2.37. The van der Waals surface area contributed by atoms with E-state index >= 15 is 0 Å². The molecule has 0 atom stereocenters. The summed E-state index contributed by atoms with van der Waals surface area (Å²) in [6, 6.07) is 8.68. The fraction of sp³-hybridized carbons (Fsp3) is 0.435. The molecule has 2 aromatic rings. The van der Waals surface area contributed by atoms with Crippen LogP contribution in [0.4, 0.5) is 5.82 Å². The van der Waals surface area contributed by atoms with Crippen molar-refractivity contribution in [2.75, 3.05) is 31.6 Å². The molecule has 0 radical (unpaired) electrons. The quantitative estimate of drug-likeness (QED) is 0.650. The zero-order chi connectivity index (χ0) is 22.2. The maximum atomic E-state index is 13.1. The predicted molar refractivity (Wildman–Crippen MR) is 120 cm³/mol. The topological polar surface area (TPSA) is 80.8 Å². The average molecular weight is 446 g/mol. The Kier molecular flexibility index (Phi) is 8.12. The van der Waals surface area contributed by atoms with Crippen LogP contribution < -0.4 is 14.8 Å². The van der Waals surface area contributed by atoms with E-state index in [4.69, 9.17) is 21.1 Å². The van der Waals surface area contributed by atoms with Crippen molar-refractivity contribution in [2.24, 2.45) is 5.92 Å². The first-order valence-electron chi connectivity index (χ1n) is 10.6. The van der Waals surface area contributed by atoms with E-state index < -0.39 is 0 Å². The lowest BCUT2D eigenvalue weighted by Crippen LogP contribution is -2.41. The fourth-order valence-corrected chi connectivity index (χ4v) is 3.76. The molecule has 1 aromatic heterocycles. The fourth-order valence-electron chi connectivity index (χ4n) is 3.49. The third-order valence-electron chi connectivity index (χ3n) is 5.08. The van der Waals surface area contributed by atoms with Gasteiger partial charge in [0.2, 0.25) is 5.91 Å². The maximum absolute atomic E-state index is 13.1. The normalized spacial score (nSPS) is 14.2. The molecule has 0 spiro atoms. The van der Waals surface area contributed by atoms with Gasteiger partial charge < -0.3 is 19.7 Å². The van der Waals surface area contributed by atoms with Crippen LogP contribution >= 0.6 is 11.6 Å². The molecular weight excluding hydrogens is 418 g/mol. The molecule has 166 valence electrons. The second kappa shape index (κ2) is 11.0. The molecule has 1 aromatic carbocycles. The molecule has 0 saturated carbocycles. The minimum absolute atomic E-state index is 0.0649. The smallest absolute Gasteiger partial charge is 0.254 e. The number of aromatic nitrogens is 1. The first-order valence-corrected chi connectivity index (χ1v) is 11.0. The van der Waals surface area contributed by atoms with Gasteiger partial charge in [0.25, 0.3) is 5.91 Å². The number of rotatable bonds is 8. The molecule has 0 unspecified atom stereocenters. The lowest BCUT2D eigenvalue weighted by molar-refractivity contribution is -0.121. The number of piperidine rings is 1. The number of carbonyl (C=O) groups excluding carboxylic acids is 2. The molecule has 0 bridgehead atoms. The van der Waals surface area contributed by atoms with Gasteiger partial charge in [-0.2, -0.15) is 0 Å². The highest BCUT2D eigenvalue weighted by molar-refractivity contribution is 6.32. The van der Waals surface area contributed by atoms with E-state index in [-0.39, 0.29) is 17.7 Å². The molecular formula is C23H28ClN3O4. The number of nitrogens with zero attached hydrogens (tertiary/aromatic N) is 2. The first kappa shape index (κ1) is 22.9. The Bertz CT molecular complexity index is 899. The Morgan fingerprint density at radius 2 is 1.97 bits per heavy atom. The maximum Gasteiger partial charge on any atom is 0.254 e. The molecule has 1 saturated heterocycles. The number of ether oxygens (including phenoxy) is 2. The van der Waals surface area contributed by atoms with Crippen LogP contribution in [0.1, 0.15) is 43.5 Å². The van der Waals surface area contributed by atoms with Crippen molar-refractivity contribution in [1.29, 1.82) is 0 Å². The van der Waals surface area contributed by atoms with E-state index in [0.29, 0.717) is 67.0 Å². The number of benzene rings is 1. The van der Waals surface area contributed by atoms with Gasteiger partial charge in [-0.05, 0) is 50.5 Å². The number of pyridine rings is 1. The Balaban J connectivity index is 1.64. The summed E-state index contributed by atoms with van der Waals surface area (Å²) < 4.78 is 11.4. The van der Waals surface area contributed by atoms with Gasteiger partial charge in [0, 0.05) is 30.8 Å². The first-order chi connectivity index (χ1) is 15.0. The van der Waals surface area contributed by atoms with Crippen LogP contribution in [0, 0.1) is 5.92 Å². The van der Waals surface area contributed by atoms with Gasteiger partial charge in [0.15, 0.2) is 11.5 Å². The number of likely N-dealkylation sites (tertiary alicyclic amines) is 1. The number of hydrogen-bond donors (Lipinski definition) is 1. The van der Waals surface area contributed by atoms with Crippen molar-refractivity contribution in [2.45, 2.75) is 33.1 Å². The van der Waals surface area contributed by atoms with E-state index in [0.717, 1.165) is 6.42 Å². The summed E-state index contributed by atoms with van der Waals surface area (Å²) in [5, 5.41) is 3.19.